The molecular weight excluding hydrogens is 1460 g/mol. The van der Waals surface area contributed by atoms with E-state index < -0.39 is 65.7 Å². The summed E-state index contributed by atoms with van der Waals surface area (Å²) >= 11 is 0. The van der Waals surface area contributed by atoms with E-state index in [0.717, 1.165) is 69.8 Å². The Morgan fingerprint density at radius 3 is 1.12 bits per heavy atom. The minimum absolute atomic E-state index is 0.00320. The van der Waals surface area contributed by atoms with Crippen molar-refractivity contribution < 1.29 is 114 Å². The largest absolute Gasteiger partial charge is 0.463 e. The number of ether oxygens (including phenoxy) is 12. The molecule has 0 aliphatic heterocycles. The number of rotatable bonds is 45. The lowest BCUT2D eigenvalue weighted by molar-refractivity contribution is -0.142. The summed E-state index contributed by atoms with van der Waals surface area (Å²) < 4.78 is 59.4. The lowest BCUT2D eigenvalue weighted by Gasteiger charge is -2.22. The highest BCUT2D eigenvalue weighted by Gasteiger charge is 2.25. The summed E-state index contributed by atoms with van der Waals surface area (Å²) in [6, 6.07) is 9.50. The zero-order chi connectivity index (χ0) is 87.4. The molecule has 0 saturated heterocycles. The third-order valence-electron chi connectivity index (χ3n) is 16.3. The molecular formula is C90H146O24. The van der Waals surface area contributed by atoms with E-state index in [0.29, 0.717) is 162 Å². The van der Waals surface area contributed by atoms with Gasteiger partial charge in [-0.25, -0.2) is 57.5 Å². The summed E-state index contributed by atoms with van der Waals surface area (Å²) in [5, 5.41) is 0. The second-order valence-electron chi connectivity index (χ2n) is 28.4. The van der Waals surface area contributed by atoms with E-state index in [4.69, 9.17) is 56.8 Å². The molecule has 0 amide bonds. The van der Waals surface area contributed by atoms with Gasteiger partial charge < -0.3 is 56.8 Å². The summed E-state index contributed by atoms with van der Waals surface area (Å²) in [6.07, 6.45) is 23.4. The molecule has 1 aromatic rings. The molecule has 650 valence electrons. The first-order valence-electron chi connectivity index (χ1n) is 41.4. The highest BCUT2D eigenvalue weighted by atomic mass is 16.6. The third kappa shape index (κ3) is 60.8. The number of unbranched alkanes of at least 4 members (excludes halogenated alkanes) is 1. The fourth-order valence-electron chi connectivity index (χ4n) is 10.7. The van der Waals surface area contributed by atoms with Gasteiger partial charge in [0.1, 0.15) is 0 Å². The van der Waals surface area contributed by atoms with Crippen LogP contribution in [-0.2, 0) is 121 Å². The summed E-state index contributed by atoms with van der Waals surface area (Å²) in [7, 11) is 0. The average molecular weight is 1610 g/mol. The number of hydrogen-bond acceptors (Lipinski definition) is 24. The molecule has 24 nitrogen and oxygen atoms in total. The van der Waals surface area contributed by atoms with Crippen LogP contribution in [0.1, 0.15) is 268 Å². The van der Waals surface area contributed by atoms with Gasteiger partial charge in [-0.05, 0) is 161 Å². The summed E-state index contributed by atoms with van der Waals surface area (Å²) in [6.45, 7) is 47.3. The Morgan fingerprint density at radius 2 is 0.719 bits per heavy atom. The Bertz CT molecular complexity index is 3080. The molecule has 0 aromatic heterocycles. The van der Waals surface area contributed by atoms with Gasteiger partial charge in [-0.1, -0.05) is 185 Å². The second-order valence-corrected chi connectivity index (χ2v) is 28.4. The van der Waals surface area contributed by atoms with Crippen molar-refractivity contribution in [3.8, 4) is 0 Å². The molecule has 1 aliphatic carbocycles. The molecule has 1 aliphatic rings. The maximum Gasteiger partial charge on any atom is 0.334 e. The highest BCUT2D eigenvalue weighted by Crippen LogP contribution is 2.30. The maximum absolute atomic E-state index is 12.2. The zero-order valence-corrected chi connectivity index (χ0v) is 73.8. The number of carbonyl (C=O) groups excluding carboxylic acids is 12. The molecule has 1 fully saturated rings. The highest BCUT2D eigenvalue weighted by molar-refractivity contribution is 6.00. The first kappa shape index (κ1) is 112. The van der Waals surface area contributed by atoms with Crippen LogP contribution in [0.5, 0.6) is 0 Å². The fraction of sp³-hybridized carbons (Fsp3) is 0.667. The van der Waals surface area contributed by atoms with Crippen LogP contribution in [0.3, 0.4) is 0 Å². The maximum atomic E-state index is 12.2. The topological polar surface area (TPSA) is 316 Å². The minimum atomic E-state index is -0.508. The quantitative estimate of drug-likeness (QED) is 0.0333. The van der Waals surface area contributed by atoms with Crippen molar-refractivity contribution in [2.45, 2.75) is 268 Å². The molecule has 0 bridgehead atoms. The van der Waals surface area contributed by atoms with Crippen LogP contribution in [0.25, 0.3) is 0 Å². The van der Waals surface area contributed by atoms with Crippen LogP contribution >= 0.6 is 0 Å². The van der Waals surface area contributed by atoms with Gasteiger partial charge in [0.2, 0.25) is 0 Å². The Labute approximate surface area is 683 Å². The second kappa shape index (κ2) is 72.0. The van der Waals surface area contributed by atoms with E-state index >= 15 is 0 Å². The molecule has 0 spiro atoms. The number of hydrogen-bond donors (Lipinski definition) is 0. The molecule has 114 heavy (non-hydrogen) atoms. The van der Waals surface area contributed by atoms with Gasteiger partial charge in [-0.3, -0.25) is 0 Å². The van der Waals surface area contributed by atoms with Gasteiger partial charge >= 0.3 is 71.6 Å². The van der Waals surface area contributed by atoms with Crippen molar-refractivity contribution in [3.63, 3.8) is 0 Å². The van der Waals surface area contributed by atoms with E-state index in [9.17, 15) is 57.5 Å². The predicted molar refractivity (Wildman–Crippen MR) is 442 cm³/mol. The molecule has 3 unspecified atom stereocenters. The van der Waals surface area contributed by atoms with Crippen LogP contribution in [0.2, 0.25) is 0 Å². The first-order chi connectivity index (χ1) is 54.1. The summed E-state index contributed by atoms with van der Waals surface area (Å²) in [5.74, 6) is -3.18. The van der Waals surface area contributed by atoms with Crippen LogP contribution in [0, 0.1) is 47.3 Å². The van der Waals surface area contributed by atoms with Crippen LogP contribution in [0.15, 0.2) is 100 Å². The van der Waals surface area contributed by atoms with Gasteiger partial charge in [0.05, 0.1) is 79.3 Å². The van der Waals surface area contributed by atoms with E-state index in [1.807, 2.05) is 78.8 Å². The van der Waals surface area contributed by atoms with E-state index in [1.54, 1.807) is 69.2 Å². The van der Waals surface area contributed by atoms with Gasteiger partial charge in [0.15, 0.2) is 0 Å². The molecule has 1 saturated carbocycles. The lowest BCUT2D eigenvalue weighted by Crippen LogP contribution is -2.17. The van der Waals surface area contributed by atoms with Gasteiger partial charge in [-0.2, -0.15) is 0 Å². The van der Waals surface area contributed by atoms with Crippen LogP contribution in [-0.4, -0.2) is 151 Å². The summed E-state index contributed by atoms with van der Waals surface area (Å²) in [5.41, 5.74) is 3.30. The van der Waals surface area contributed by atoms with Crippen LogP contribution < -0.4 is 0 Å². The molecule has 0 radical (unpaired) electrons. The van der Waals surface area contributed by atoms with Crippen molar-refractivity contribution in [1.29, 1.82) is 0 Å². The predicted octanol–water partition coefficient (Wildman–Crippen LogP) is 17.9. The number of carbonyl (C=O) groups is 12. The smallest absolute Gasteiger partial charge is 0.334 e. The Morgan fingerprint density at radius 1 is 0.351 bits per heavy atom. The van der Waals surface area contributed by atoms with Crippen molar-refractivity contribution in [2.24, 2.45) is 47.3 Å². The monoisotopic (exact) mass is 1610 g/mol. The molecule has 2 rings (SSSR count). The molecule has 24 heteroatoms. The average Bonchev–Trinajstić information content (AvgIpc) is 0.906. The first-order valence-corrected chi connectivity index (χ1v) is 41.4. The summed E-state index contributed by atoms with van der Waals surface area (Å²) in [4.78, 5) is 140. The van der Waals surface area contributed by atoms with E-state index in [2.05, 4.69) is 41.5 Å². The number of benzene rings is 1. The molecule has 1 aromatic carbocycles. The molecule has 0 heterocycles. The SMILES string of the molecule is CC(C)COC(=O)/C=C(/Cc1ccccc1)C(=O)OCC(C)C.CCCC(C)/C(=C/C(=O)OCC)C(=O)OCC.CCCCC(CC)C/C(=C/C(=O)OCC)C(=O)OCC.CCOC(=O)/C=C(/CC1CCCCC1)C(=O)OCC.CCOC(=O)/C=C(/CCC(C)C)C(=O)OCC.CCOC(=O)/C=C(\C(=O)OCC)C(C)CC(C)C. The third-order valence-corrected chi connectivity index (χ3v) is 16.3. The van der Waals surface area contributed by atoms with E-state index in [1.165, 1.54) is 55.7 Å². The van der Waals surface area contributed by atoms with Crippen molar-refractivity contribution >= 4 is 71.6 Å². The standard InChI is InChI=1S/C19H26O4.C16H28O4.C15H24O4.C14H24O4.2C13H22O4/c1-14(2)12-22-18(20)11-17(19(21)23-13-15(3)4)10-16-8-6-5-7-9-16;1-5-9-10-13(6-2)11-14(16(18)20-8-4)12-15(17)19-7-3;1-3-18-14(16)11-13(15(17)19-4-2)10-12-8-6-5-7-9-12;1-6-17-13(15)9-12(14(16)18-7-2)11(5)8-10(3)4;1-5-16-12(14)9-11(8-7-10(3)4)13(15)17-6-2;1-5-8-10(4)11(13(15)17-7-3)9-12(14)16-6-2/h5-9,11,14-15H,10,12-13H2,1-4H3;12-13H,5-11H2,1-4H3;11-12H,3-10H2,1-2H3;9-11H,6-8H2,1-5H3;2*9-10H,5-8H2,1-4H3/b17-11-;14-12-;13-11-;12-9-;2*11-9-. The Balaban J connectivity index is -0.000000639. The Kier molecular flexibility index (Phi) is 70.5. The van der Waals surface area contributed by atoms with Crippen molar-refractivity contribution in [3.05, 3.63) is 106 Å². The van der Waals surface area contributed by atoms with Crippen LogP contribution in [0.4, 0.5) is 0 Å². The van der Waals surface area contributed by atoms with Gasteiger partial charge in [-0.15, -0.1) is 0 Å². The zero-order valence-electron chi connectivity index (χ0n) is 73.8. The van der Waals surface area contributed by atoms with Crippen molar-refractivity contribution in [1.82, 2.24) is 0 Å². The van der Waals surface area contributed by atoms with Gasteiger partial charge in [0, 0.05) is 76.3 Å². The molecule has 3 atom stereocenters. The fourth-order valence-corrected chi connectivity index (χ4v) is 10.7. The minimum Gasteiger partial charge on any atom is -0.463 e. The van der Waals surface area contributed by atoms with Gasteiger partial charge in [0.25, 0.3) is 0 Å². The number of esters is 12. The van der Waals surface area contributed by atoms with Crippen molar-refractivity contribution in [2.75, 3.05) is 79.3 Å². The normalized spacial score (nSPS) is 13.2. The Hall–Kier alpha value is -8.70. The lowest BCUT2D eigenvalue weighted by atomic mass is 9.84. The van der Waals surface area contributed by atoms with E-state index in [-0.39, 0.29) is 29.6 Å². The molecule has 0 N–H and O–H groups in total.